The summed E-state index contributed by atoms with van der Waals surface area (Å²) < 4.78 is 0. The van der Waals surface area contributed by atoms with E-state index in [-0.39, 0.29) is 0 Å². The Balaban J connectivity index is 2.54. The van der Waals surface area contributed by atoms with Crippen molar-refractivity contribution in [2.75, 3.05) is 13.1 Å². The predicted octanol–water partition coefficient (Wildman–Crippen LogP) is -0.307. The summed E-state index contributed by atoms with van der Waals surface area (Å²) in [6.45, 7) is 0.910. The average molecular weight is 115 g/mol. The molecule has 1 aliphatic rings. The van der Waals surface area contributed by atoms with Crippen molar-refractivity contribution in [3.05, 3.63) is 4.91 Å². The molecule has 1 saturated heterocycles. The average Bonchev–Trinajstić information content (AvgIpc) is 2.14. The maximum atomic E-state index is 10.3. The van der Waals surface area contributed by atoms with Crippen LogP contribution in [-0.4, -0.2) is 24.1 Å². The van der Waals surface area contributed by atoms with Gasteiger partial charge >= 0.3 is 6.03 Å². The number of carbonyl (C=O) groups excluding carboxylic acids is 1. The van der Waals surface area contributed by atoms with Crippen LogP contribution in [0.3, 0.4) is 0 Å². The lowest BCUT2D eigenvalue weighted by atomic mass is 10.7. The monoisotopic (exact) mass is 115 g/mol. The number of nitroso groups, excluding NO2 is 1. The van der Waals surface area contributed by atoms with E-state index in [0.29, 0.717) is 13.1 Å². The van der Waals surface area contributed by atoms with Crippen molar-refractivity contribution >= 4 is 6.03 Å². The molecule has 1 rings (SSSR count). The van der Waals surface area contributed by atoms with Gasteiger partial charge in [-0.15, -0.1) is 4.91 Å². The summed E-state index contributed by atoms with van der Waals surface area (Å²) in [4.78, 5) is 20.0. The van der Waals surface area contributed by atoms with Crippen LogP contribution in [0.2, 0.25) is 0 Å². The van der Waals surface area contributed by atoms with Crippen LogP contribution in [0.5, 0.6) is 0 Å². The summed E-state index contributed by atoms with van der Waals surface area (Å²) in [5.41, 5.74) is 0. The van der Waals surface area contributed by atoms with Gasteiger partial charge in [0.25, 0.3) is 0 Å². The van der Waals surface area contributed by atoms with Crippen LogP contribution in [0, 0.1) is 4.91 Å². The van der Waals surface area contributed by atoms with Crippen molar-refractivity contribution in [2.24, 2.45) is 5.29 Å². The first-order chi connectivity index (χ1) is 3.84. The Labute approximate surface area is 45.6 Å². The smallest absolute Gasteiger partial charge is 0.335 e. The molecule has 5 nitrogen and oxygen atoms in total. The predicted molar refractivity (Wildman–Crippen MR) is 25.9 cm³/mol. The highest BCUT2D eigenvalue weighted by molar-refractivity contribution is 5.75. The molecule has 0 aromatic heterocycles. The normalized spacial score (nSPS) is 18.5. The van der Waals surface area contributed by atoms with Gasteiger partial charge in [0.1, 0.15) is 0 Å². The van der Waals surface area contributed by atoms with Gasteiger partial charge in [0.2, 0.25) is 0 Å². The number of carbonyl (C=O) groups is 1. The van der Waals surface area contributed by atoms with Gasteiger partial charge in [-0.2, -0.15) is 5.01 Å². The summed E-state index contributed by atoms with van der Waals surface area (Å²) >= 11 is 0. The van der Waals surface area contributed by atoms with Crippen LogP contribution < -0.4 is 5.32 Å². The number of rotatable bonds is 1. The summed E-state index contributed by atoms with van der Waals surface area (Å²) in [6.07, 6.45) is 0. The second-order valence-electron chi connectivity index (χ2n) is 1.44. The standard InChI is InChI=1S/C3H5N3O2/c7-3-4-1-2-6(3)5-8/h1-2H2,(H,4,7). The zero-order valence-corrected chi connectivity index (χ0v) is 4.13. The van der Waals surface area contributed by atoms with Crippen molar-refractivity contribution in [1.82, 2.24) is 10.3 Å². The Morgan fingerprint density at radius 2 is 2.50 bits per heavy atom. The van der Waals surface area contributed by atoms with E-state index in [1.54, 1.807) is 0 Å². The van der Waals surface area contributed by atoms with E-state index in [0.717, 1.165) is 5.01 Å². The summed E-state index contributed by atoms with van der Waals surface area (Å²) in [6, 6.07) is -0.403. The van der Waals surface area contributed by atoms with Gasteiger partial charge in [-0.05, 0) is 0 Å². The van der Waals surface area contributed by atoms with Crippen molar-refractivity contribution in [3.63, 3.8) is 0 Å². The third-order valence-electron chi connectivity index (χ3n) is 0.933. The zero-order valence-electron chi connectivity index (χ0n) is 4.13. The second-order valence-corrected chi connectivity index (χ2v) is 1.44. The summed E-state index contributed by atoms with van der Waals surface area (Å²) in [5, 5.41) is 5.70. The number of urea groups is 1. The quantitative estimate of drug-likeness (QED) is 0.476. The van der Waals surface area contributed by atoms with E-state index >= 15 is 0 Å². The minimum Gasteiger partial charge on any atom is -0.335 e. The molecule has 0 bridgehead atoms. The molecule has 0 unspecified atom stereocenters. The van der Waals surface area contributed by atoms with E-state index in [4.69, 9.17) is 0 Å². The molecule has 0 aliphatic carbocycles. The minimum absolute atomic E-state index is 0.391. The first-order valence-electron chi connectivity index (χ1n) is 2.23. The maximum Gasteiger partial charge on any atom is 0.340 e. The fourth-order valence-corrected chi connectivity index (χ4v) is 0.539. The van der Waals surface area contributed by atoms with E-state index < -0.39 is 6.03 Å². The molecule has 2 amide bonds. The van der Waals surface area contributed by atoms with Gasteiger partial charge in [-0.3, -0.25) is 0 Å². The molecule has 0 spiro atoms. The molecule has 0 atom stereocenters. The fraction of sp³-hybridized carbons (Fsp3) is 0.667. The lowest BCUT2D eigenvalue weighted by Crippen LogP contribution is -2.22. The Bertz CT molecular complexity index is 124. The largest absolute Gasteiger partial charge is 0.340 e. The Morgan fingerprint density at radius 3 is 2.75 bits per heavy atom. The van der Waals surface area contributed by atoms with E-state index in [2.05, 4.69) is 10.6 Å². The minimum atomic E-state index is -0.403. The van der Waals surface area contributed by atoms with Crippen LogP contribution in [0.4, 0.5) is 4.79 Å². The first-order valence-corrected chi connectivity index (χ1v) is 2.23. The van der Waals surface area contributed by atoms with E-state index in [1.165, 1.54) is 0 Å². The van der Waals surface area contributed by atoms with Crippen molar-refractivity contribution in [2.45, 2.75) is 0 Å². The number of hydrogen-bond acceptors (Lipinski definition) is 3. The van der Waals surface area contributed by atoms with Crippen molar-refractivity contribution in [3.8, 4) is 0 Å². The van der Waals surface area contributed by atoms with Gasteiger partial charge in [0, 0.05) is 6.54 Å². The highest BCUT2D eigenvalue weighted by Crippen LogP contribution is 1.94. The lowest BCUT2D eigenvalue weighted by molar-refractivity contribution is 0.218. The van der Waals surface area contributed by atoms with Gasteiger partial charge in [0.05, 0.1) is 11.8 Å². The third-order valence-corrected chi connectivity index (χ3v) is 0.933. The topological polar surface area (TPSA) is 61.8 Å². The number of hydrogen-bond donors (Lipinski definition) is 1. The molecular formula is C3H5N3O2. The second kappa shape index (κ2) is 1.77. The Hall–Kier alpha value is -1.13. The lowest BCUT2D eigenvalue weighted by Gasteiger charge is -1.96. The molecule has 1 heterocycles. The van der Waals surface area contributed by atoms with Gasteiger partial charge in [-0.25, -0.2) is 4.79 Å². The highest BCUT2D eigenvalue weighted by atomic mass is 16.3. The van der Waals surface area contributed by atoms with Gasteiger partial charge < -0.3 is 5.32 Å². The number of nitrogens with zero attached hydrogens (tertiary/aromatic N) is 2. The number of nitrogens with one attached hydrogen (secondary N) is 1. The van der Waals surface area contributed by atoms with E-state index in [9.17, 15) is 9.70 Å². The molecule has 44 valence electrons. The Kier molecular flexibility index (Phi) is 1.11. The van der Waals surface area contributed by atoms with Gasteiger partial charge in [-0.1, -0.05) is 0 Å². The summed E-state index contributed by atoms with van der Waals surface area (Å²) in [7, 11) is 0. The molecule has 1 N–H and O–H groups in total. The fourth-order valence-electron chi connectivity index (χ4n) is 0.539. The summed E-state index contributed by atoms with van der Waals surface area (Å²) in [5.74, 6) is 0. The number of amides is 2. The molecule has 0 aromatic rings. The van der Waals surface area contributed by atoms with Crippen molar-refractivity contribution in [1.29, 1.82) is 0 Å². The Morgan fingerprint density at radius 1 is 1.75 bits per heavy atom. The van der Waals surface area contributed by atoms with Crippen LogP contribution in [0.15, 0.2) is 5.29 Å². The van der Waals surface area contributed by atoms with Crippen LogP contribution in [0.25, 0.3) is 0 Å². The SMILES string of the molecule is O=NN1CCNC1=O. The van der Waals surface area contributed by atoms with Crippen LogP contribution >= 0.6 is 0 Å². The van der Waals surface area contributed by atoms with Crippen molar-refractivity contribution < 1.29 is 4.79 Å². The molecule has 0 aromatic carbocycles. The molecule has 5 heteroatoms. The maximum absolute atomic E-state index is 10.3. The van der Waals surface area contributed by atoms with Crippen LogP contribution in [0.1, 0.15) is 0 Å². The molecule has 0 radical (unpaired) electrons. The third kappa shape index (κ3) is 0.617. The zero-order chi connectivity index (χ0) is 5.98. The van der Waals surface area contributed by atoms with E-state index in [1.807, 2.05) is 0 Å². The van der Waals surface area contributed by atoms with Crippen LogP contribution in [-0.2, 0) is 0 Å². The molecule has 8 heavy (non-hydrogen) atoms. The molecule has 1 aliphatic heterocycles. The van der Waals surface area contributed by atoms with Gasteiger partial charge in [0.15, 0.2) is 0 Å². The molecular weight excluding hydrogens is 110 g/mol. The molecule has 0 saturated carbocycles. The first kappa shape index (κ1) is 5.02. The molecule has 1 fully saturated rings. The highest BCUT2D eigenvalue weighted by Gasteiger charge is 2.18.